The zero-order valence-corrected chi connectivity index (χ0v) is 53.5. The summed E-state index contributed by atoms with van der Waals surface area (Å²) in [5, 5.41) is 0. The fraction of sp³-hybridized carbons (Fsp3) is 0.671. The van der Waals surface area contributed by atoms with Crippen molar-refractivity contribution in [1.29, 1.82) is 0 Å². The largest absolute Gasteiger partial charge is 0.462 e. The highest BCUT2D eigenvalue weighted by Crippen LogP contribution is 2.16. The first-order valence-electron chi connectivity index (χ1n) is 34.2. The Bertz CT molecular complexity index is 1730. The minimum atomic E-state index is -0.805. The Kier molecular flexibility index (Phi) is 65.3. The van der Waals surface area contributed by atoms with Crippen LogP contribution in [0.4, 0.5) is 0 Å². The molecule has 0 N–H and O–H groups in total. The molecule has 0 rings (SSSR count). The molecule has 0 radical (unpaired) electrons. The summed E-state index contributed by atoms with van der Waals surface area (Å²) in [7, 11) is 0. The van der Waals surface area contributed by atoms with Crippen LogP contribution in [0.15, 0.2) is 134 Å². The van der Waals surface area contributed by atoms with Crippen molar-refractivity contribution in [3.05, 3.63) is 134 Å². The SMILES string of the molecule is CC/C=C\C/C=C\C/C=C\C/C=C\C/C=C\C/C=C\C/C=C\CCCCCC(=O)OC(COC(=O)CCCCCCC/C=C\CCC)COC(=O)CCCCCCCCCCCCCCCC/C=C\C/C=C\C/C=C\CCCCCCC. The minimum absolute atomic E-state index is 0.0972. The van der Waals surface area contributed by atoms with Crippen LogP contribution in [-0.2, 0) is 28.6 Å². The molecule has 0 fully saturated rings. The smallest absolute Gasteiger partial charge is 0.306 e. The number of hydrogen-bond donors (Lipinski definition) is 0. The van der Waals surface area contributed by atoms with Gasteiger partial charge in [0.05, 0.1) is 0 Å². The van der Waals surface area contributed by atoms with Gasteiger partial charge in [-0.25, -0.2) is 0 Å². The molecule has 0 heterocycles. The molecule has 0 aromatic carbocycles. The molecule has 1 unspecified atom stereocenters. The lowest BCUT2D eigenvalue weighted by Gasteiger charge is -2.18. The van der Waals surface area contributed by atoms with E-state index in [1.54, 1.807) is 0 Å². The summed E-state index contributed by atoms with van der Waals surface area (Å²) in [6, 6.07) is 0. The van der Waals surface area contributed by atoms with Crippen molar-refractivity contribution in [3.8, 4) is 0 Å². The first-order valence-corrected chi connectivity index (χ1v) is 34.2. The lowest BCUT2D eigenvalue weighted by Crippen LogP contribution is -2.30. The van der Waals surface area contributed by atoms with Gasteiger partial charge >= 0.3 is 17.9 Å². The summed E-state index contributed by atoms with van der Waals surface area (Å²) < 4.78 is 16.9. The van der Waals surface area contributed by atoms with E-state index in [9.17, 15) is 14.4 Å². The minimum Gasteiger partial charge on any atom is -0.462 e. The van der Waals surface area contributed by atoms with Crippen molar-refractivity contribution in [2.45, 2.75) is 316 Å². The molecule has 0 aromatic rings. The van der Waals surface area contributed by atoms with Crippen molar-refractivity contribution in [3.63, 3.8) is 0 Å². The highest BCUT2D eigenvalue weighted by atomic mass is 16.6. The molecular weight excluding hydrogens is 1010 g/mol. The van der Waals surface area contributed by atoms with Gasteiger partial charge in [-0.15, -0.1) is 0 Å². The van der Waals surface area contributed by atoms with Crippen molar-refractivity contribution < 1.29 is 28.6 Å². The highest BCUT2D eigenvalue weighted by Gasteiger charge is 2.19. The molecule has 0 aliphatic rings. The molecule has 0 bridgehead atoms. The third kappa shape index (κ3) is 66.4. The molecule has 6 heteroatoms. The molecule has 466 valence electrons. The summed E-state index contributed by atoms with van der Waals surface area (Å²) in [4.78, 5) is 38.3. The summed E-state index contributed by atoms with van der Waals surface area (Å²) in [6.45, 7) is 6.43. The Morgan fingerprint density at radius 2 is 0.500 bits per heavy atom. The maximum absolute atomic E-state index is 12.9. The van der Waals surface area contributed by atoms with Crippen molar-refractivity contribution in [2.75, 3.05) is 13.2 Å². The van der Waals surface area contributed by atoms with Gasteiger partial charge in [0.1, 0.15) is 13.2 Å². The van der Waals surface area contributed by atoms with Crippen LogP contribution in [0.3, 0.4) is 0 Å². The van der Waals surface area contributed by atoms with Crippen molar-refractivity contribution in [2.24, 2.45) is 0 Å². The quantitative estimate of drug-likeness (QED) is 0.0261. The number of ether oxygens (including phenoxy) is 3. The predicted molar refractivity (Wildman–Crippen MR) is 357 cm³/mol. The predicted octanol–water partition coefficient (Wildman–Crippen LogP) is 23.7. The molecule has 0 aliphatic carbocycles. The van der Waals surface area contributed by atoms with E-state index in [1.165, 1.54) is 128 Å². The Balaban J connectivity index is 4.28. The van der Waals surface area contributed by atoms with Crippen molar-refractivity contribution >= 4 is 17.9 Å². The van der Waals surface area contributed by atoms with Gasteiger partial charge in [-0.2, -0.15) is 0 Å². The third-order valence-electron chi connectivity index (χ3n) is 14.3. The second kappa shape index (κ2) is 69.0. The van der Waals surface area contributed by atoms with Crippen LogP contribution in [0, 0.1) is 0 Å². The van der Waals surface area contributed by atoms with E-state index in [0.29, 0.717) is 12.8 Å². The highest BCUT2D eigenvalue weighted by molar-refractivity contribution is 5.71. The molecule has 0 spiro atoms. The first kappa shape index (κ1) is 77.5. The average molecular weight is 1140 g/mol. The summed E-state index contributed by atoms with van der Waals surface area (Å²) in [5.41, 5.74) is 0. The Morgan fingerprint density at radius 3 is 0.817 bits per heavy atom. The van der Waals surface area contributed by atoms with E-state index in [-0.39, 0.29) is 37.5 Å². The van der Waals surface area contributed by atoms with E-state index < -0.39 is 6.10 Å². The Labute approximate surface area is 506 Å². The molecule has 1 atom stereocenters. The van der Waals surface area contributed by atoms with Crippen molar-refractivity contribution in [1.82, 2.24) is 0 Å². The number of unbranched alkanes of at least 4 members (excludes halogenated alkanes) is 28. The summed E-state index contributed by atoms with van der Waals surface area (Å²) >= 11 is 0. The van der Waals surface area contributed by atoms with E-state index in [4.69, 9.17) is 14.2 Å². The topological polar surface area (TPSA) is 78.9 Å². The summed E-state index contributed by atoms with van der Waals surface area (Å²) in [6.07, 6.45) is 97.7. The second-order valence-corrected chi connectivity index (χ2v) is 22.3. The van der Waals surface area contributed by atoms with E-state index in [1.807, 2.05) is 0 Å². The standard InChI is InChI=1S/C76H126O6/c1-4-7-10-13-16-19-22-24-26-28-30-32-34-36-37-38-39-41-42-44-46-48-50-52-54-57-60-63-66-69-75(78)81-72-73(71-80-74(77)68-65-62-59-56-21-18-15-12-9-6-3)82-76(79)70-67-64-61-58-55-53-51-49-47-45-43-40-35-33-31-29-27-25-23-20-17-14-11-8-5-2/h8,11-12,15,17,20,22,24-25,27-28,30-31,33-34,36,40,43,47,49,53,55,73H,4-7,9-10,13-14,16,18-19,21,23,26,29,32,35,37-39,41-42,44-46,48,50-52,54,56-72H2,1-3H3/b11-8-,15-12-,20-17-,24-22-,27-25-,30-28-,33-31-,36-34-,43-40-,49-47-,55-53-. The van der Waals surface area contributed by atoms with E-state index in [2.05, 4.69) is 154 Å². The number of carbonyl (C=O) groups is 3. The monoisotopic (exact) mass is 1130 g/mol. The number of carbonyl (C=O) groups excluding carboxylic acids is 3. The van der Waals surface area contributed by atoms with Gasteiger partial charge in [-0.05, 0) is 135 Å². The number of rotatable bonds is 61. The number of allylic oxidation sites excluding steroid dienone is 22. The molecule has 0 amide bonds. The van der Waals surface area contributed by atoms with Crippen LogP contribution in [0.25, 0.3) is 0 Å². The van der Waals surface area contributed by atoms with E-state index in [0.717, 1.165) is 141 Å². The van der Waals surface area contributed by atoms with Gasteiger partial charge in [0, 0.05) is 19.3 Å². The third-order valence-corrected chi connectivity index (χ3v) is 14.3. The van der Waals surface area contributed by atoms with Crippen LogP contribution in [0.1, 0.15) is 310 Å². The fourth-order valence-corrected chi connectivity index (χ4v) is 9.26. The Morgan fingerprint density at radius 1 is 0.256 bits per heavy atom. The molecule has 82 heavy (non-hydrogen) atoms. The van der Waals surface area contributed by atoms with Crippen LogP contribution in [0.2, 0.25) is 0 Å². The molecule has 0 saturated heterocycles. The lowest BCUT2D eigenvalue weighted by atomic mass is 10.0. The van der Waals surface area contributed by atoms with Gasteiger partial charge in [0.15, 0.2) is 6.10 Å². The van der Waals surface area contributed by atoms with Gasteiger partial charge < -0.3 is 14.2 Å². The van der Waals surface area contributed by atoms with Gasteiger partial charge in [-0.1, -0.05) is 289 Å². The Hall–Kier alpha value is -4.45. The number of hydrogen-bond acceptors (Lipinski definition) is 6. The molecule has 6 nitrogen and oxygen atoms in total. The van der Waals surface area contributed by atoms with Gasteiger partial charge in [0.25, 0.3) is 0 Å². The second-order valence-electron chi connectivity index (χ2n) is 22.3. The average Bonchev–Trinajstić information content (AvgIpc) is 3.47. The maximum Gasteiger partial charge on any atom is 0.306 e. The summed E-state index contributed by atoms with van der Waals surface area (Å²) in [5.74, 6) is -0.939. The van der Waals surface area contributed by atoms with E-state index >= 15 is 0 Å². The molecular formula is C76H126O6. The molecule has 0 aliphatic heterocycles. The maximum atomic E-state index is 12.9. The van der Waals surface area contributed by atoms with Crippen LogP contribution in [0.5, 0.6) is 0 Å². The van der Waals surface area contributed by atoms with Crippen LogP contribution < -0.4 is 0 Å². The zero-order valence-electron chi connectivity index (χ0n) is 53.5. The zero-order chi connectivity index (χ0) is 59.2. The number of esters is 3. The first-order chi connectivity index (χ1) is 40.5. The lowest BCUT2D eigenvalue weighted by molar-refractivity contribution is -0.167. The van der Waals surface area contributed by atoms with Gasteiger partial charge in [0.2, 0.25) is 0 Å². The normalized spacial score (nSPS) is 13.0. The molecule has 0 saturated carbocycles. The van der Waals surface area contributed by atoms with Crippen LogP contribution >= 0.6 is 0 Å². The molecule has 0 aromatic heterocycles. The fourth-order valence-electron chi connectivity index (χ4n) is 9.26. The van der Waals surface area contributed by atoms with Crippen LogP contribution in [-0.4, -0.2) is 37.2 Å². The van der Waals surface area contributed by atoms with Gasteiger partial charge in [-0.3, -0.25) is 14.4 Å².